The molecule has 1 fully saturated rings. The Balaban J connectivity index is 0.00000243. The zero-order chi connectivity index (χ0) is 18.2. The Bertz CT molecular complexity index is 947. The van der Waals surface area contributed by atoms with E-state index in [9.17, 15) is 19.0 Å². The van der Waals surface area contributed by atoms with Gasteiger partial charge in [0.05, 0.1) is 26.1 Å². The molecule has 0 aromatic carbocycles. The van der Waals surface area contributed by atoms with Crippen molar-refractivity contribution in [2.24, 2.45) is 14.1 Å². The molecule has 13 heteroatoms. The fourth-order valence-electron chi connectivity index (χ4n) is 2.70. The second-order valence-electron chi connectivity index (χ2n) is 5.68. The molecule has 1 aliphatic rings. The van der Waals surface area contributed by atoms with Gasteiger partial charge in [0.2, 0.25) is 7.75 Å². The number of hydrogen-bond donors (Lipinski definition) is 0. The summed E-state index contributed by atoms with van der Waals surface area (Å²) in [5.41, 5.74) is -0.503. The van der Waals surface area contributed by atoms with E-state index in [4.69, 9.17) is 9.26 Å². The Labute approximate surface area is 171 Å². The van der Waals surface area contributed by atoms with Crippen molar-refractivity contribution in [1.82, 2.24) is 23.4 Å². The molecule has 3 heterocycles. The summed E-state index contributed by atoms with van der Waals surface area (Å²) in [7, 11) is -1.26. The monoisotopic (exact) mass is 395 g/mol. The van der Waals surface area contributed by atoms with Crippen LogP contribution in [0, 0.1) is 0 Å². The SMILES string of the molecule is Cn1c(=O)c2c(ncn2CCOP(=O)([O-])N2CCOCC2)n(C)c1=O.[Na+]. The van der Waals surface area contributed by atoms with Crippen molar-refractivity contribution in [1.29, 1.82) is 0 Å². The second kappa shape index (κ2) is 8.49. The molecule has 1 atom stereocenters. The van der Waals surface area contributed by atoms with Crippen LogP contribution in [0.15, 0.2) is 15.9 Å². The number of morpholine rings is 1. The fraction of sp³-hybridized carbons (Fsp3) is 0.615. The third-order valence-electron chi connectivity index (χ3n) is 4.14. The largest absolute Gasteiger partial charge is 1.00 e. The molecular weight excluding hydrogens is 376 g/mol. The molecule has 11 nitrogen and oxygen atoms in total. The van der Waals surface area contributed by atoms with Crippen LogP contribution in [0.1, 0.15) is 0 Å². The average Bonchev–Trinajstić information content (AvgIpc) is 3.03. The van der Waals surface area contributed by atoms with Crippen LogP contribution >= 0.6 is 7.75 Å². The van der Waals surface area contributed by atoms with Crippen molar-refractivity contribution in [3.8, 4) is 0 Å². The van der Waals surface area contributed by atoms with Crippen LogP contribution in [0.2, 0.25) is 0 Å². The summed E-state index contributed by atoms with van der Waals surface area (Å²) in [6.45, 7) is 1.17. The molecule has 2 aromatic rings. The van der Waals surface area contributed by atoms with Crippen LogP contribution in [0.3, 0.4) is 0 Å². The van der Waals surface area contributed by atoms with E-state index >= 15 is 0 Å². The third kappa shape index (κ3) is 4.05. The molecule has 0 spiro atoms. The molecule has 0 saturated carbocycles. The molecular formula is C13H19N5NaO6P. The van der Waals surface area contributed by atoms with E-state index in [1.807, 2.05) is 0 Å². The van der Waals surface area contributed by atoms with Crippen LogP contribution in [-0.2, 0) is 34.5 Å². The predicted octanol–water partition coefficient (Wildman–Crippen LogP) is -4.75. The average molecular weight is 395 g/mol. The Morgan fingerprint density at radius 1 is 1.27 bits per heavy atom. The van der Waals surface area contributed by atoms with E-state index in [2.05, 4.69) is 4.98 Å². The summed E-state index contributed by atoms with van der Waals surface area (Å²) in [4.78, 5) is 40.4. The molecule has 0 bridgehead atoms. The van der Waals surface area contributed by atoms with Crippen molar-refractivity contribution in [2.75, 3.05) is 32.9 Å². The Morgan fingerprint density at radius 2 is 1.92 bits per heavy atom. The minimum absolute atomic E-state index is 0. The molecule has 3 rings (SSSR count). The first kappa shape index (κ1) is 21.5. The molecule has 1 saturated heterocycles. The summed E-state index contributed by atoms with van der Waals surface area (Å²) in [5.74, 6) is 0. The van der Waals surface area contributed by atoms with E-state index in [0.717, 1.165) is 4.57 Å². The van der Waals surface area contributed by atoms with Crippen molar-refractivity contribution in [2.45, 2.75) is 6.54 Å². The van der Waals surface area contributed by atoms with Gasteiger partial charge in [-0.3, -0.25) is 18.5 Å². The first-order valence-electron chi connectivity index (χ1n) is 7.72. The smallest absolute Gasteiger partial charge is 0.766 e. The van der Waals surface area contributed by atoms with Gasteiger partial charge in [0.15, 0.2) is 11.2 Å². The van der Waals surface area contributed by atoms with Gasteiger partial charge >= 0.3 is 35.2 Å². The number of rotatable bonds is 5. The van der Waals surface area contributed by atoms with Crippen LogP contribution in [-0.4, -0.2) is 56.3 Å². The van der Waals surface area contributed by atoms with Gasteiger partial charge in [-0.2, -0.15) is 0 Å². The number of hydrogen-bond acceptors (Lipinski definition) is 7. The maximum Gasteiger partial charge on any atom is 1.00 e. The van der Waals surface area contributed by atoms with Gasteiger partial charge in [-0.05, 0) is 0 Å². The molecule has 2 aromatic heterocycles. The summed E-state index contributed by atoms with van der Waals surface area (Å²) < 4.78 is 27.3. The third-order valence-corrected chi connectivity index (χ3v) is 5.74. The Hall–Kier alpha value is -0.780. The van der Waals surface area contributed by atoms with Crippen LogP contribution < -0.4 is 45.7 Å². The molecule has 138 valence electrons. The molecule has 1 unspecified atom stereocenters. The minimum Gasteiger partial charge on any atom is -0.766 e. The zero-order valence-electron chi connectivity index (χ0n) is 15.0. The fourth-order valence-corrected chi connectivity index (χ4v) is 3.83. The van der Waals surface area contributed by atoms with Gasteiger partial charge < -0.3 is 18.7 Å². The van der Waals surface area contributed by atoms with E-state index in [0.29, 0.717) is 13.2 Å². The molecule has 0 radical (unpaired) electrons. The molecule has 0 amide bonds. The maximum absolute atomic E-state index is 12.3. The number of fused-ring (bicyclic) bond motifs is 1. The van der Waals surface area contributed by atoms with Gasteiger partial charge in [0.25, 0.3) is 5.56 Å². The van der Waals surface area contributed by atoms with E-state index in [1.165, 1.54) is 34.2 Å². The van der Waals surface area contributed by atoms with Gasteiger partial charge in [-0.25, -0.2) is 14.4 Å². The van der Waals surface area contributed by atoms with Gasteiger partial charge in [-0.1, -0.05) is 0 Å². The summed E-state index contributed by atoms with van der Waals surface area (Å²) in [6, 6.07) is 0. The summed E-state index contributed by atoms with van der Waals surface area (Å²) in [6.07, 6.45) is 1.39. The zero-order valence-corrected chi connectivity index (χ0v) is 17.8. The molecule has 26 heavy (non-hydrogen) atoms. The summed E-state index contributed by atoms with van der Waals surface area (Å²) in [5, 5.41) is 0. The van der Waals surface area contributed by atoms with E-state index < -0.39 is 19.0 Å². The molecule has 0 N–H and O–H groups in total. The van der Waals surface area contributed by atoms with Crippen LogP contribution in [0.25, 0.3) is 11.2 Å². The minimum atomic E-state index is -4.15. The Morgan fingerprint density at radius 3 is 2.58 bits per heavy atom. The number of nitrogens with zero attached hydrogens (tertiary/aromatic N) is 5. The summed E-state index contributed by atoms with van der Waals surface area (Å²) >= 11 is 0. The molecule has 1 aliphatic heterocycles. The van der Waals surface area contributed by atoms with Crippen LogP contribution in [0.4, 0.5) is 0 Å². The van der Waals surface area contributed by atoms with Crippen LogP contribution in [0.5, 0.6) is 0 Å². The second-order valence-corrected chi connectivity index (χ2v) is 7.44. The topological polar surface area (TPSA) is 124 Å². The van der Waals surface area contributed by atoms with E-state index in [1.54, 1.807) is 0 Å². The standard InChI is InChI=1S/C13H20N5O6P.Na/c1-15-11-10(12(19)16(2)13(15)20)17(9-14-11)3-8-24-25(21,22)18-4-6-23-7-5-18;/h9H,3-8H2,1-2H3,(H,21,22);/q;+1/p-1. The van der Waals surface area contributed by atoms with Gasteiger partial charge in [0.1, 0.15) is 0 Å². The maximum atomic E-state index is 12.3. The number of ether oxygens (including phenoxy) is 1. The van der Waals surface area contributed by atoms with Gasteiger partial charge in [0, 0.05) is 33.7 Å². The first-order valence-corrected chi connectivity index (χ1v) is 9.22. The number of aryl methyl sites for hydroxylation is 1. The van der Waals surface area contributed by atoms with Gasteiger partial charge in [-0.15, -0.1) is 0 Å². The van der Waals surface area contributed by atoms with E-state index in [-0.39, 0.29) is 67.0 Å². The predicted molar refractivity (Wildman–Crippen MR) is 86.2 cm³/mol. The Kier molecular flexibility index (Phi) is 7.03. The normalized spacial score (nSPS) is 17.8. The molecule has 0 aliphatic carbocycles. The van der Waals surface area contributed by atoms with Crippen molar-refractivity contribution < 1.29 is 48.3 Å². The number of imidazole rings is 1. The first-order chi connectivity index (χ1) is 11.8. The van der Waals surface area contributed by atoms with Crippen molar-refractivity contribution in [3.05, 3.63) is 27.2 Å². The quantitative estimate of drug-likeness (QED) is 0.365. The van der Waals surface area contributed by atoms with Crippen molar-refractivity contribution in [3.63, 3.8) is 0 Å². The van der Waals surface area contributed by atoms with Crippen molar-refractivity contribution >= 4 is 18.9 Å². The number of aromatic nitrogens is 4.